The van der Waals surface area contributed by atoms with Gasteiger partial charge in [-0.05, 0) is 64.9 Å². The zero-order valence-corrected chi connectivity index (χ0v) is 37.7. The molecule has 6 atom stereocenters. The van der Waals surface area contributed by atoms with E-state index in [0.717, 1.165) is 47.9 Å². The average Bonchev–Trinajstić information content (AvgIpc) is 4.03. The van der Waals surface area contributed by atoms with Gasteiger partial charge in [-0.3, -0.25) is 4.57 Å². The smallest absolute Gasteiger partial charge is 0.351 e. The summed E-state index contributed by atoms with van der Waals surface area (Å²) in [7, 11) is 1.46. The Morgan fingerprint density at radius 3 is 2.16 bits per heavy atom. The molecule has 7 rings (SSSR count). The van der Waals surface area contributed by atoms with Crippen molar-refractivity contribution in [3.8, 4) is 17.6 Å². The molecule has 1 saturated heterocycles. The Morgan fingerprint density at radius 2 is 1.58 bits per heavy atom. The second-order valence-corrected chi connectivity index (χ2v) is 17.1. The Labute approximate surface area is 376 Å². The summed E-state index contributed by atoms with van der Waals surface area (Å²) in [5.74, 6) is 2.02. The molecule has 6 aromatic rings. The summed E-state index contributed by atoms with van der Waals surface area (Å²) < 4.78 is 40.8. The van der Waals surface area contributed by atoms with E-state index in [2.05, 4.69) is 40.2 Å². The van der Waals surface area contributed by atoms with Gasteiger partial charge in [-0.1, -0.05) is 118 Å². The molecule has 4 aromatic carbocycles. The topological polar surface area (TPSA) is 155 Å². The highest BCUT2D eigenvalue weighted by atomic mass is 31.2. The minimum Gasteiger partial charge on any atom is -0.497 e. The third-order valence-corrected chi connectivity index (χ3v) is 13.3. The Balaban J connectivity index is 1.26. The Bertz CT molecular complexity index is 2370. The molecule has 1 fully saturated rings. The number of nitrogens with one attached hydrogen (secondary N) is 2. The summed E-state index contributed by atoms with van der Waals surface area (Å²) in [6, 6.07) is 39.8. The Hall–Kier alpha value is -5.87. The molecule has 13 nitrogen and oxygen atoms in total. The van der Waals surface area contributed by atoms with Crippen LogP contribution in [0, 0.1) is 17.2 Å². The zero-order valence-electron chi connectivity index (χ0n) is 36.8. The molecule has 14 heteroatoms. The van der Waals surface area contributed by atoms with Crippen molar-refractivity contribution in [2.24, 2.45) is 5.92 Å². The van der Waals surface area contributed by atoms with Gasteiger partial charge in [0.1, 0.15) is 40.7 Å². The van der Waals surface area contributed by atoms with Gasteiger partial charge in [0, 0.05) is 19.2 Å². The standard InChI is InChI=1S/C50H57N6O7P/c1-5-7-16-37(6-2)43(27-29-51)62-64(47-33-52-35-54-47)63-44-31-48(56-30-28-46(55-49(56)57)53-32-36-14-10-8-11-15-36)61-45(44)34-60-50(38-17-12-9-13-18-38,39-19-23-41(58-3)24-20-39)40-21-25-42(59-4)26-22-40/h8-15,17-26,28,30,33,35,37,43-45,48H,5-7,16,27,31-32,34H2,1-4H3,(H,52,54)(H,53,55,57)/t37?,43?,44-,45+,48+,64?/m0/s1. The fourth-order valence-corrected chi connectivity index (χ4v) is 9.73. The molecule has 1 aliphatic rings. The molecule has 3 unspecified atom stereocenters. The normalized spacial score (nSPS) is 17.6. The Morgan fingerprint density at radius 1 is 0.922 bits per heavy atom. The van der Waals surface area contributed by atoms with Crippen LogP contribution in [-0.4, -0.2) is 58.7 Å². The monoisotopic (exact) mass is 884 g/mol. The Kier molecular flexibility index (Phi) is 16.3. The first kappa shape index (κ1) is 46.1. The van der Waals surface area contributed by atoms with Crippen molar-refractivity contribution in [1.82, 2.24) is 19.5 Å². The van der Waals surface area contributed by atoms with Crippen molar-refractivity contribution < 1.29 is 28.0 Å². The second-order valence-electron chi connectivity index (χ2n) is 15.7. The van der Waals surface area contributed by atoms with Crippen LogP contribution in [0.2, 0.25) is 0 Å². The van der Waals surface area contributed by atoms with Gasteiger partial charge in [-0.25, -0.2) is 9.78 Å². The third kappa shape index (κ3) is 11.1. The number of rotatable bonds is 23. The summed E-state index contributed by atoms with van der Waals surface area (Å²) in [5, 5.41) is 13.2. The maximum Gasteiger partial charge on any atom is 0.351 e. The van der Waals surface area contributed by atoms with Crippen LogP contribution in [0.15, 0.2) is 139 Å². The van der Waals surface area contributed by atoms with Crippen LogP contribution >= 0.6 is 8.38 Å². The number of imidazole rings is 1. The van der Waals surface area contributed by atoms with Gasteiger partial charge < -0.3 is 38.3 Å². The van der Waals surface area contributed by atoms with Crippen LogP contribution in [0.3, 0.4) is 0 Å². The summed E-state index contributed by atoms with van der Waals surface area (Å²) in [4.78, 5) is 25.7. The number of nitrogens with zero attached hydrogens (tertiary/aromatic N) is 4. The first-order chi connectivity index (χ1) is 31.4. The minimum absolute atomic E-state index is 0.0366. The van der Waals surface area contributed by atoms with Crippen LogP contribution in [0.1, 0.15) is 80.9 Å². The van der Waals surface area contributed by atoms with Gasteiger partial charge in [0.05, 0.1) is 58.0 Å². The van der Waals surface area contributed by atoms with Gasteiger partial charge in [-0.2, -0.15) is 10.2 Å². The van der Waals surface area contributed by atoms with Gasteiger partial charge >= 0.3 is 5.69 Å². The molecule has 2 aromatic heterocycles. The van der Waals surface area contributed by atoms with Crippen LogP contribution in [0.4, 0.5) is 5.82 Å². The molecule has 2 N–H and O–H groups in total. The molecule has 334 valence electrons. The van der Waals surface area contributed by atoms with Gasteiger partial charge in [-0.15, -0.1) is 0 Å². The highest BCUT2D eigenvalue weighted by Crippen LogP contribution is 2.48. The highest BCUT2D eigenvalue weighted by molar-refractivity contribution is 7.55. The van der Waals surface area contributed by atoms with E-state index in [9.17, 15) is 10.1 Å². The lowest BCUT2D eigenvalue weighted by molar-refractivity contribution is -0.0919. The van der Waals surface area contributed by atoms with Crippen LogP contribution in [0.25, 0.3) is 0 Å². The van der Waals surface area contributed by atoms with Crippen molar-refractivity contribution in [2.45, 2.75) is 89.1 Å². The number of benzene rings is 4. The number of unbranched alkanes of at least 4 members (excludes halogenated alkanes) is 1. The molecular weight excluding hydrogens is 828 g/mol. The third-order valence-electron chi connectivity index (χ3n) is 11.7. The average molecular weight is 885 g/mol. The first-order valence-corrected chi connectivity index (χ1v) is 23.1. The predicted molar refractivity (Wildman–Crippen MR) is 247 cm³/mol. The molecule has 64 heavy (non-hydrogen) atoms. The lowest BCUT2D eigenvalue weighted by atomic mass is 9.80. The second kappa shape index (κ2) is 22.7. The molecule has 1 aliphatic heterocycles. The van der Waals surface area contributed by atoms with Crippen molar-refractivity contribution in [3.63, 3.8) is 0 Å². The number of nitriles is 1. The van der Waals surface area contributed by atoms with Gasteiger partial charge in [0.15, 0.2) is 0 Å². The van der Waals surface area contributed by atoms with E-state index >= 15 is 0 Å². The van der Waals surface area contributed by atoms with E-state index in [1.165, 1.54) is 4.57 Å². The number of anilines is 1. The van der Waals surface area contributed by atoms with E-state index in [4.69, 9.17) is 28.0 Å². The number of ether oxygens (including phenoxy) is 4. The maximum absolute atomic E-state index is 13.8. The van der Waals surface area contributed by atoms with Crippen molar-refractivity contribution in [3.05, 3.63) is 167 Å². The molecule has 0 aliphatic carbocycles. The number of hydrogen-bond donors (Lipinski definition) is 2. The van der Waals surface area contributed by atoms with E-state index in [-0.39, 0.29) is 31.5 Å². The zero-order chi connectivity index (χ0) is 44.7. The van der Waals surface area contributed by atoms with Crippen molar-refractivity contribution in [1.29, 1.82) is 5.26 Å². The highest BCUT2D eigenvalue weighted by Gasteiger charge is 2.45. The lowest BCUT2D eigenvalue weighted by Crippen LogP contribution is -2.38. The number of methoxy groups -OCH3 is 2. The number of H-pyrrole nitrogens is 1. The van der Waals surface area contributed by atoms with Crippen LogP contribution in [0.5, 0.6) is 11.5 Å². The van der Waals surface area contributed by atoms with E-state index in [1.54, 1.807) is 39.0 Å². The molecule has 0 radical (unpaired) electrons. The summed E-state index contributed by atoms with van der Waals surface area (Å²) in [6.45, 7) is 4.85. The largest absolute Gasteiger partial charge is 0.497 e. The molecule has 0 amide bonds. The van der Waals surface area contributed by atoms with Gasteiger partial charge in [0.25, 0.3) is 0 Å². The molecule has 0 bridgehead atoms. The number of aromatic amines is 1. The first-order valence-electron chi connectivity index (χ1n) is 21.9. The van der Waals surface area contributed by atoms with Crippen molar-refractivity contribution >= 4 is 19.6 Å². The van der Waals surface area contributed by atoms with Gasteiger partial charge in [0.2, 0.25) is 8.38 Å². The fraction of sp³-hybridized carbons (Fsp3) is 0.360. The number of hydrogen-bond acceptors (Lipinski definition) is 11. The summed E-state index contributed by atoms with van der Waals surface area (Å²) >= 11 is 0. The molecular formula is C50H57N6O7P. The van der Waals surface area contributed by atoms with E-state index in [1.807, 2.05) is 109 Å². The SMILES string of the molecule is CCCCC(CC)C(CC#N)OP(O[C@H]1C[C@H](n2ccc(NCc3ccccc3)nc2=O)O[C@@H]1COC(c1ccccc1)(c1ccc(OC)cc1)c1ccc(OC)cc1)c1cnc[nH]1. The molecule has 0 spiro atoms. The number of aromatic nitrogens is 4. The van der Waals surface area contributed by atoms with E-state index < -0.39 is 38.1 Å². The predicted octanol–water partition coefficient (Wildman–Crippen LogP) is 9.43. The minimum atomic E-state index is -1.82. The van der Waals surface area contributed by atoms with Crippen LogP contribution < -0.4 is 25.9 Å². The van der Waals surface area contributed by atoms with E-state index in [0.29, 0.717) is 29.3 Å². The molecule has 0 saturated carbocycles. The quantitative estimate of drug-likeness (QED) is 0.0467. The lowest BCUT2D eigenvalue weighted by Gasteiger charge is -2.37. The van der Waals surface area contributed by atoms with Crippen molar-refractivity contribution in [2.75, 3.05) is 26.1 Å². The summed E-state index contributed by atoms with van der Waals surface area (Å²) in [6.07, 6.45) is 6.87. The fourth-order valence-electron chi connectivity index (χ4n) is 8.16. The molecule has 3 heterocycles. The van der Waals surface area contributed by atoms with Crippen LogP contribution in [-0.2, 0) is 30.7 Å². The summed E-state index contributed by atoms with van der Waals surface area (Å²) in [5.41, 5.74) is 2.71. The maximum atomic E-state index is 13.8.